The van der Waals surface area contributed by atoms with Crippen LogP contribution >= 0.6 is 0 Å². The van der Waals surface area contributed by atoms with Crippen molar-refractivity contribution in [2.24, 2.45) is 5.92 Å². The van der Waals surface area contributed by atoms with Gasteiger partial charge in [0, 0.05) is 19.6 Å². The van der Waals surface area contributed by atoms with Gasteiger partial charge in [0.05, 0.1) is 6.54 Å². The van der Waals surface area contributed by atoms with Crippen LogP contribution < -0.4 is 5.32 Å². The summed E-state index contributed by atoms with van der Waals surface area (Å²) < 4.78 is 0. The highest BCUT2D eigenvalue weighted by Gasteiger charge is 2.18. The number of nitrogens with one attached hydrogen (secondary N) is 1. The third-order valence-electron chi connectivity index (χ3n) is 3.49. The number of rotatable bonds is 8. The largest absolute Gasteiger partial charge is 0.334 e. The summed E-state index contributed by atoms with van der Waals surface area (Å²) in [6.45, 7) is 12.2. The first-order chi connectivity index (χ1) is 9.17. The normalized spacial score (nSPS) is 16.3. The molecule has 0 saturated carbocycles. The zero-order valence-corrected chi connectivity index (χ0v) is 12.1. The quantitative estimate of drug-likeness (QED) is 0.668. The van der Waals surface area contributed by atoms with Crippen LogP contribution in [0, 0.1) is 5.92 Å². The average molecular weight is 265 g/mol. The second-order valence-corrected chi connectivity index (χ2v) is 5.27. The lowest BCUT2D eigenvalue weighted by atomic mass is 9.98. The molecule has 1 rings (SSSR count). The fraction of sp³-hybridized carbons (Fsp3) is 0.667. The molecule has 0 atom stereocenters. The third kappa shape index (κ3) is 6.03. The molecule has 0 aromatic heterocycles. The Hall–Kier alpha value is -1.13. The third-order valence-corrected chi connectivity index (χ3v) is 3.49. The number of likely N-dealkylation sites (N-methyl/N-ethyl adjacent to an activating group) is 1. The number of carbonyl (C=O) groups excluding carboxylic acids is 1. The Morgan fingerprint density at radius 1 is 1.26 bits per heavy atom. The molecule has 0 unspecified atom stereocenters. The van der Waals surface area contributed by atoms with Crippen LogP contribution in [0.1, 0.15) is 12.8 Å². The summed E-state index contributed by atoms with van der Waals surface area (Å²) in [5, 5.41) is 3.36. The topological polar surface area (TPSA) is 35.6 Å². The van der Waals surface area contributed by atoms with E-state index in [-0.39, 0.29) is 5.91 Å². The van der Waals surface area contributed by atoms with Gasteiger partial charge in [-0.15, -0.1) is 13.2 Å². The Balaban J connectivity index is 2.35. The Kier molecular flexibility index (Phi) is 7.45. The first-order valence-corrected chi connectivity index (χ1v) is 7.06. The molecule has 0 spiro atoms. The molecule has 4 nitrogen and oxygen atoms in total. The van der Waals surface area contributed by atoms with Crippen LogP contribution in [0.15, 0.2) is 25.3 Å². The highest BCUT2D eigenvalue weighted by Crippen LogP contribution is 2.12. The first-order valence-electron chi connectivity index (χ1n) is 7.06. The van der Waals surface area contributed by atoms with Crippen molar-refractivity contribution < 1.29 is 4.79 Å². The van der Waals surface area contributed by atoms with Crippen LogP contribution in [-0.2, 0) is 4.79 Å². The van der Waals surface area contributed by atoms with E-state index in [1.807, 2.05) is 7.05 Å². The van der Waals surface area contributed by atoms with Gasteiger partial charge in [-0.3, -0.25) is 9.69 Å². The number of amides is 1. The number of carbonyl (C=O) groups is 1. The Labute approximate surface area is 117 Å². The van der Waals surface area contributed by atoms with Crippen molar-refractivity contribution in [3.05, 3.63) is 25.3 Å². The SMILES string of the molecule is C=CCN(CC=C)C(=O)CN(C)CC1CCNCC1. The summed E-state index contributed by atoms with van der Waals surface area (Å²) in [6, 6.07) is 0. The molecule has 0 bridgehead atoms. The molecule has 1 N–H and O–H groups in total. The van der Waals surface area contributed by atoms with Crippen LogP contribution in [0.25, 0.3) is 0 Å². The lowest BCUT2D eigenvalue weighted by Crippen LogP contribution is -2.42. The van der Waals surface area contributed by atoms with Gasteiger partial charge in [-0.05, 0) is 38.9 Å². The predicted octanol–water partition coefficient (Wildman–Crippen LogP) is 1.12. The van der Waals surface area contributed by atoms with E-state index < -0.39 is 0 Å². The predicted molar refractivity (Wildman–Crippen MR) is 80.1 cm³/mol. The van der Waals surface area contributed by atoms with Crippen LogP contribution in [0.4, 0.5) is 0 Å². The van der Waals surface area contributed by atoms with Gasteiger partial charge < -0.3 is 10.2 Å². The van der Waals surface area contributed by atoms with Crippen LogP contribution in [0.5, 0.6) is 0 Å². The van der Waals surface area contributed by atoms with Gasteiger partial charge >= 0.3 is 0 Å². The fourth-order valence-corrected chi connectivity index (χ4v) is 2.49. The molecule has 1 saturated heterocycles. The molecule has 0 aromatic carbocycles. The highest BCUT2D eigenvalue weighted by atomic mass is 16.2. The van der Waals surface area contributed by atoms with E-state index in [4.69, 9.17) is 0 Å². The van der Waals surface area contributed by atoms with Gasteiger partial charge in [-0.25, -0.2) is 0 Å². The molecule has 1 heterocycles. The highest BCUT2D eigenvalue weighted by molar-refractivity contribution is 5.78. The molecule has 0 aromatic rings. The van der Waals surface area contributed by atoms with Gasteiger partial charge in [-0.1, -0.05) is 12.2 Å². The second kappa shape index (κ2) is 8.88. The zero-order valence-electron chi connectivity index (χ0n) is 12.1. The summed E-state index contributed by atoms with van der Waals surface area (Å²) in [6.07, 6.45) is 5.94. The van der Waals surface area contributed by atoms with Crippen molar-refractivity contribution in [3.63, 3.8) is 0 Å². The Bertz CT molecular complexity index is 288. The number of nitrogens with zero attached hydrogens (tertiary/aromatic N) is 2. The van der Waals surface area contributed by atoms with E-state index in [0.717, 1.165) is 19.6 Å². The minimum absolute atomic E-state index is 0.149. The Morgan fingerprint density at radius 3 is 2.37 bits per heavy atom. The number of piperidine rings is 1. The number of hydrogen-bond donors (Lipinski definition) is 1. The number of hydrogen-bond acceptors (Lipinski definition) is 3. The van der Waals surface area contributed by atoms with Crippen molar-refractivity contribution in [2.75, 3.05) is 46.3 Å². The van der Waals surface area contributed by atoms with Gasteiger partial charge in [0.2, 0.25) is 5.91 Å². The van der Waals surface area contributed by atoms with E-state index in [0.29, 0.717) is 25.6 Å². The minimum atomic E-state index is 0.149. The smallest absolute Gasteiger partial charge is 0.237 e. The van der Waals surface area contributed by atoms with Crippen molar-refractivity contribution >= 4 is 5.91 Å². The van der Waals surface area contributed by atoms with Crippen molar-refractivity contribution in [2.45, 2.75) is 12.8 Å². The minimum Gasteiger partial charge on any atom is -0.334 e. The van der Waals surface area contributed by atoms with E-state index >= 15 is 0 Å². The molecular formula is C15H27N3O. The summed E-state index contributed by atoms with van der Waals surface area (Å²) in [5.41, 5.74) is 0. The summed E-state index contributed by atoms with van der Waals surface area (Å²) in [7, 11) is 2.03. The summed E-state index contributed by atoms with van der Waals surface area (Å²) in [5.74, 6) is 0.863. The lowest BCUT2D eigenvalue weighted by molar-refractivity contribution is -0.131. The molecular weight excluding hydrogens is 238 g/mol. The van der Waals surface area contributed by atoms with Crippen molar-refractivity contribution in [1.29, 1.82) is 0 Å². The molecule has 4 heteroatoms. The second-order valence-electron chi connectivity index (χ2n) is 5.27. The molecule has 0 aliphatic carbocycles. The van der Waals surface area contributed by atoms with Gasteiger partial charge in [0.25, 0.3) is 0 Å². The van der Waals surface area contributed by atoms with Crippen LogP contribution in [-0.4, -0.2) is 62.0 Å². The fourth-order valence-electron chi connectivity index (χ4n) is 2.49. The average Bonchev–Trinajstić information content (AvgIpc) is 2.39. The molecule has 19 heavy (non-hydrogen) atoms. The first kappa shape index (κ1) is 15.9. The standard InChI is InChI=1S/C15H27N3O/c1-4-10-18(11-5-2)15(19)13-17(3)12-14-6-8-16-9-7-14/h4-5,14,16H,1-2,6-13H2,3H3. The maximum Gasteiger partial charge on any atom is 0.237 e. The molecule has 0 radical (unpaired) electrons. The van der Waals surface area contributed by atoms with Gasteiger partial charge in [-0.2, -0.15) is 0 Å². The van der Waals surface area contributed by atoms with E-state index in [1.54, 1.807) is 17.1 Å². The maximum absolute atomic E-state index is 12.2. The summed E-state index contributed by atoms with van der Waals surface area (Å²) >= 11 is 0. The van der Waals surface area contributed by atoms with E-state index in [1.165, 1.54) is 12.8 Å². The molecule has 1 fully saturated rings. The van der Waals surface area contributed by atoms with E-state index in [2.05, 4.69) is 23.4 Å². The maximum atomic E-state index is 12.2. The molecule has 108 valence electrons. The molecule has 1 aliphatic heterocycles. The lowest BCUT2D eigenvalue weighted by Gasteiger charge is -2.28. The summed E-state index contributed by atoms with van der Waals surface area (Å²) in [4.78, 5) is 16.1. The van der Waals surface area contributed by atoms with Crippen LogP contribution in [0.2, 0.25) is 0 Å². The monoisotopic (exact) mass is 265 g/mol. The van der Waals surface area contributed by atoms with Crippen LogP contribution in [0.3, 0.4) is 0 Å². The molecule has 1 amide bonds. The van der Waals surface area contributed by atoms with E-state index in [9.17, 15) is 4.79 Å². The van der Waals surface area contributed by atoms with Gasteiger partial charge in [0.1, 0.15) is 0 Å². The van der Waals surface area contributed by atoms with Crippen molar-refractivity contribution in [3.8, 4) is 0 Å². The molecule has 1 aliphatic rings. The van der Waals surface area contributed by atoms with Crippen molar-refractivity contribution in [1.82, 2.24) is 15.1 Å². The zero-order chi connectivity index (χ0) is 14.1. The van der Waals surface area contributed by atoms with Gasteiger partial charge in [0.15, 0.2) is 0 Å². The Morgan fingerprint density at radius 2 is 1.84 bits per heavy atom.